The molecule has 0 bridgehead atoms. The van der Waals surface area contributed by atoms with E-state index in [9.17, 15) is 9.59 Å². The zero-order valence-corrected chi connectivity index (χ0v) is 19.8. The number of nitrogens with one attached hydrogen (secondary N) is 2. The van der Waals surface area contributed by atoms with Crippen molar-refractivity contribution < 1.29 is 14.7 Å². The summed E-state index contributed by atoms with van der Waals surface area (Å²) in [4.78, 5) is 35.2. The van der Waals surface area contributed by atoms with Crippen molar-refractivity contribution in [1.29, 1.82) is 0 Å². The number of fused-ring (bicyclic) bond motifs is 1. The third kappa shape index (κ3) is 4.70. The van der Waals surface area contributed by atoms with Crippen LogP contribution in [0.3, 0.4) is 0 Å². The zero-order valence-electron chi connectivity index (χ0n) is 15.3. The lowest BCUT2D eigenvalue weighted by Gasteiger charge is -2.17. The fourth-order valence-corrected chi connectivity index (χ4v) is 4.98. The molecule has 0 aliphatic heterocycles. The molecule has 3 rings (SSSR count). The SMILES string of the molecule is CSc1nc2c(C(=O)NOCCO)c(Nc3ccc(I)cc3Cl)n(C)c(=O)c2s1. The second-order valence-corrected chi connectivity index (χ2v) is 9.41. The van der Waals surface area contributed by atoms with Crippen LogP contribution in [-0.2, 0) is 11.9 Å². The Morgan fingerprint density at radius 1 is 1.48 bits per heavy atom. The van der Waals surface area contributed by atoms with Gasteiger partial charge in [0.25, 0.3) is 11.5 Å². The Kier molecular flexibility index (Phi) is 7.40. The van der Waals surface area contributed by atoms with Crippen molar-refractivity contribution in [1.82, 2.24) is 15.0 Å². The Bertz CT molecular complexity index is 1130. The van der Waals surface area contributed by atoms with Crippen LogP contribution in [-0.4, -0.2) is 40.0 Å². The minimum atomic E-state index is -0.596. The maximum atomic E-state index is 12.9. The standard InChI is InChI=1S/C17H16ClIN4O4S2/c1-23-14(20-10-4-3-8(19)7-9(10)18)11(15(25)22-27-6-5-24)12-13(16(23)26)29-17(21-12)28-2/h3-4,7,20,24H,5-6H2,1-2H3,(H,22,25). The van der Waals surface area contributed by atoms with E-state index >= 15 is 0 Å². The van der Waals surface area contributed by atoms with E-state index in [4.69, 9.17) is 21.5 Å². The van der Waals surface area contributed by atoms with Crippen molar-refractivity contribution in [2.24, 2.45) is 7.05 Å². The molecule has 0 atom stereocenters. The second kappa shape index (κ2) is 9.62. The number of benzene rings is 1. The highest BCUT2D eigenvalue weighted by Crippen LogP contribution is 2.34. The fourth-order valence-electron chi connectivity index (χ4n) is 2.53. The fraction of sp³-hybridized carbons (Fsp3) is 0.235. The molecule has 29 heavy (non-hydrogen) atoms. The Hall–Kier alpha value is -1.38. The van der Waals surface area contributed by atoms with E-state index in [0.29, 0.717) is 19.7 Å². The minimum absolute atomic E-state index is 0.0700. The van der Waals surface area contributed by atoms with E-state index in [-0.39, 0.29) is 35.7 Å². The van der Waals surface area contributed by atoms with Gasteiger partial charge in [-0.3, -0.25) is 19.0 Å². The van der Waals surface area contributed by atoms with E-state index in [1.54, 1.807) is 19.2 Å². The van der Waals surface area contributed by atoms with Gasteiger partial charge in [-0.25, -0.2) is 10.5 Å². The van der Waals surface area contributed by atoms with Crippen LogP contribution in [0.5, 0.6) is 0 Å². The number of pyridine rings is 1. The van der Waals surface area contributed by atoms with E-state index in [1.165, 1.54) is 27.7 Å². The number of aromatic nitrogens is 2. The highest BCUT2D eigenvalue weighted by Gasteiger charge is 2.25. The van der Waals surface area contributed by atoms with Gasteiger partial charge in [-0.1, -0.05) is 23.4 Å². The molecule has 154 valence electrons. The number of thioether (sulfide) groups is 1. The van der Waals surface area contributed by atoms with Crippen LogP contribution in [0.25, 0.3) is 10.2 Å². The van der Waals surface area contributed by atoms with Crippen molar-refractivity contribution in [3.8, 4) is 0 Å². The first-order valence-corrected chi connectivity index (χ1v) is 11.7. The molecule has 0 aliphatic rings. The van der Waals surface area contributed by atoms with Crippen molar-refractivity contribution in [3.63, 3.8) is 0 Å². The molecule has 1 amide bonds. The number of thiazole rings is 1. The molecule has 0 aliphatic carbocycles. The predicted octanol–water partition coefficient (Wildman–Crippen LogP) is 3.37. The third-order valence-electron chi connectivity index (χ3n) is 3.86. The highest BCUT2D eigenvalue weighted by atomic mass is 127. The summed E-state index contributed by atoms with van der Waals surface area (Å²) >= 11 is 11.1. The number of carbonyl (C=O) groups is 1. The van der Waals surface area contributed by atoms with Crippen LogP contribution in [0, 0.1) is 3.57 Å². The van der Waals surface area contributed by atoms with Gasteiger partial charge in [0.1, 0.15) is 21.6 Å². The largest absolute Gasteiger partial charge is 0.394 e. The lowest BCUT2D eigenvalue weighted by molar-refractivity contribution is 0.0169. The summed E-state index contributed by atoms with van der Waals surface area (Å²) in [5, 5.41) is 12.4. The molecule has 1 aromatic carbocycles. The maximum absolute atomic E-state index is 12.9. The lowest BCUT2D eigenvalue weighted by atomic mass is 10.2. The molecule has 3 N–H and O–H groups in total. The molecule has 2 aromatic heterocycles. The van der Waals surface area contributed by atoms with Crippen LogP contribution >= 0.6 is 57.3 Å². The summed E-state index contributed by atoms with van der Waals surface area (Å²) in [7, 11) is 1.56. The van der Waals surface area contributed by atoms with Gasteiger partial charge in [0, 0.05) is 10.6 Å². The van der Waals surface area contributed by atoms with Crippen LogP contribution < -0.4 is 16.4 Å². The third-order valence-corrected chi connectivity index (χ3v) is 6.87. The summed E-state index contributed by atoms with van der Waals surface area (Å²) in [5.41, 5.74) is 2.96. The number of halogens is 2. The minimum Gasteiger partial charge on any atom is -0.394 e. The molecule has 8 nitrogen and oxygen atoms in total. The van der Waals surface area contributed by atoms with Gasteiger partial charge in [-0.05, 0) is 47.0 Å². The second-order valence-electron chi connectivity index (χ2n) is 5.70. The Labute approximate surface area is 192 Å². The highest BCUT2D eigenvalue weighted by molar-refractivity contribution is 14.1. The van der Waals surface area contributed by atoms with Gasteiger partial charge >= 0.3 is 0 Å². The lowest BCUT2D eigenvalue weighted by Crippen LogP contribution is -2.30. The van der Waals surface area contributed by atoms with Gasteiger partial charge in [0.05, 0.1) is 23.9 Å². The number of carbonyl (C=O) groups excluding carboxylic acids is 1. The normalized spacial score (nSPS) is 11.1. The average molecular weight is 567 g/mol. The first-order valence-electron chi connectivity index (χ1n) is 8.20. The molecule has 0 spiro atoms. The van der Waals surface area contributed by atoms with Crippen LogP contribution in [0.1, 0.15) is 10.4 Å². The number of aliphatic hydroxyl groups is 1. The van der Waals surface area contributed by atoms with Gasteiger partial charge in [0.2, 0.25) is 0 Å². The van der Waals surface area contributed by atoms with E-state index in [1.807, 2.05) is 12.3 Å². The monoisotopic (exact) mass is 566 g/mol. The van der Waals surface area contributed by atoms with Gasteiger partial charge in [-0.2, -0.15) is 0 Å². The number of anilines is 2. The van der Waals surface area contributed by atoms with Gasteiger partial charge in [0.15, 0.2) is 4.34 Å². The van der Waals surface area contributed by atoms with Crippen molar-refractivity contribution in [3.05, 3.63) is 42.7 Å². The number of hydrogen-bond acceptors (Lipinski definition) is 8. The molecular weight excluding hydrogens is 551 g/mol. The molecule has 2 heterocycles. The number of hydrogen-bond donors (Lipinski definition) is 3. The quantitative estimate of drug-likeness (QED) is 0.174. The van der Waals surface area contributed by atoms with Crippen LogP contribution in [0.2, 0.25) is 5.02 Å². The van der Waals surface area contributed by atoms with Crippen molar-refractivity contribution in [2.45, 2.75) is 4.34 Å². The molecule has 0 saturated heterocycles. The van der Waals surface area contributed by atoms with Crippen LogP contribution in [0.15, 0.2) is 27.3 Å². The Morgan fingerprint density at radius 2 is 2.24 bits per heavy atom. The zero-order chi connectivity index (χ0) is 21.1. The van der Waals surface area contributed by atoms with Crippen LogP contribution in [0.4, 0.5) is 11.5 Å². The molecular formula is C17H16ClIN4O4S2. The van der Waals surface area contributed by atoms with Gasteiger partial charge in [-0.15, -0.1) is 11.3 Å². The average Bonchev–Trinajstić information content (AvgIpc) is 3.12. The Morgan fingerprint density at radius 3 is 2.90 bits per heavy atom. The summed E-state index contributed by atoms with van der Waals surface area (Å²) in [5.74, 6) is -0.366. The summed E-state index contributed by atoms with van der Waals surface area (Å²) in [6, 6.07) is 5.38. The summed E-state index contributed by atoms with van der Waals surface area (Å²) in [6.07, 6.45) is 1.84. The Balaban J connectivity index is 2.20. The number of hydroxylamine groups is 1. The number of nitrogens with zero attached hydrogens (tertiary/aromatic N) is 2. The maximum Gasteiger partial charge on any atom is 0.280 e. The van der Waals surface area contributed by atoms with Crippen molar-refractivity contribution >= 4 is 84.9 Å². The van der Waals surface area contributed by atoms with Gasteiger partial charge < -0.3 is 10.4 Å². The van der Waals surface area contributed by atoms with E-state index < -0.39 is 5.91 Å². The summed E-state index contributed by atoms with van der Waals surface area (Å²) < 4.78 is 3.32. The first kappa shape index (κ1) is 22.3. The molecule has 0 unspecified atom stereocenters. The van der Waals surface area contributed by atoms with Crippen molar-refractivity contribution in [2.75, 3.05) is 24.8 Å². The smallest absolute Gasteiger partial charge is 0.280 e. The van der Waals surface area contributed by atoms with E-state index in [0.717, 1.165) is 3.57 Å². The van der Waals surface area contributed by atoms with E-state index in [2.05, 4.69) is 38.4 Å². The molecule has 3 aromatic rings. The molecule has 0 saturated carbocycles. The molecule has 0 radical (unpaired) electrons. The number of rotatable bonds is 7. The molecule has 12 heteroatoms. The number of amides is 1. The predicted molar refractivity (Wildman–Crippen MR) is 125 cm³/mol. The summed E-state index contributed by atoms with van der Waals surface area (Å²) in [6.45, 7) is -0.320. The topological polar surface area (TPSA) is 105 Å². The molecule has 0 fully saturated rings. The number of aliphatic hydroxyl groups excluding tert-OH is 1. The first-order chi connectivity index (χ1) is 13.9.